The third kappa shape index (κ3) is 2.35. The molecule has 6 heteroatoms. The fourth-order valence-corrected chi connectivity index (χ4v) is 2.66. The molecule has 1 aromatic carbocycles. The minimum Gasteiger partial charge on any atom is -0.454 e. The fourth-order valence-electron chi connectivity index (χ4n) is 2.66. The summed E-state index contributed by atoms with van der Waals surface area (Å²) < 4.78 is 10.6. The van der Waals surface area contributed by atoms with Crippen molar-refractivity contribution >= 4 is 11.8 Å². The van der Waals surface area contributed by atoms with E-state index in [1.165, 1.54) is 4.90 Å². The van der Waals surface area contributed by atoms with Crippen LogP contribution >= 0.6 is 0 Å². The summed E-state index contributed by atoms with van der Waals surface area (Å²) in [7, 11) is 0. The first kappa shape index (κ1) is 13.9. The predicted octanol–water partition coefficient (Wildman–Crippen LogP) is 1.20. The highest BCUT2D eigenvalue weighted by Crippen LogP contribution is 2.35. The first-order valence-electron chi connectivity index (χ1n) is 6.88. The molecule has 6 nitrogen and oxygen atoms in total. The minimum atomic E-state index is -0.633. The summed E-state index contributed by atoms with van der Waals surface area (Å²) in [5.41, 5.74) is 6.32. The molecule has 3 rings (SSSR count). The highest BCUT2D eigenvalue weighted by atomic mass is 16.7. The van der Waals surface area contributed by atoms with Crippen molar-refractivity contribution in [2.75, 3.05) is 13.3 Å². The molecular weight excluding hydrogens is 272 g/mol. The van der Waals surface area contributed by atoms with Gasteiger partial charge in [-0.25, -0.2) is 0 Å². The van der Waals surface area contributed by atoms with Crippen LogP contribution in [0.4, 0.5) is 0 Å². The maximum absolute atomic E-state index is 12.2. The Hall–Kier alpha value is -2.08. The summed E-state index contributed by atoms with van der Waals surface area (Å²) in [6, 6.07) is 4.97. The molecule has 0 bridgehead atoms. The van der Waals surface area contributed by atoms with Crippen LogP contribution in [0.1, 0.15) is 31.9 Å². The molecule has 2 aliphatic heterocycles. The van der Waals surface area contributed by atoms with Crippen LogP contribution in [0.5, 0.6) is 11.5 Å². The van der Waals surface area contributed by atoms with Gasteiger partial charge in [-0.15, -0.1) is 0 Å². The lowest BCUT2D eigenvalue weighted by molar-refractivity contribution is -0.141. The van der Waals surface area contributed by atoms with Crippen molar-refractivity contribution in [3.8, 4) is 11.5 Å². The molecule has 2 heterocycles. The molecule has 1 unspecified atom stereocenters. The number of ether oxygens (including phenoxy) is 2. The second-order valence-electron chi connectivity index (χ2n) is 6.09. The van der Waals surface area contributed by atoms with Gasteiger partial charge >= 0.3 is 0 Å². The number of hydrogen-bond donors (Lipinski definition) is 1. The average Bonchev–Trinajstić information content (AvgIpc) is 2.96. The van der Waals surface area contributed by atoms with E-state index >= 15 is 0 Å². The van der Waals surface area contributed by atoms with E-state index in [9.17, 15) is 9.59 Å². The summed E-state index contributed by atoms with van der Waals surface area (Å²) in [6.45, 7) is 3.94. The quantitative estimate of drug-likeness (QED) is 0.846. The van der Waals surface area contributed by atoms with Crippen LogP contribution < -0.4 is 15.2 Å². The van der Waals surface area contributed by atoms with Crippen molar-refractivity contribution in [3.05, 3.63) is 23.8 Å². The maximum Gasteiger partial charge on any atom is 0.235 e. The average molecular weight is 290 g/mol. The van der Waals surface area contributed by atoms with Crippen molar-refractivity contribution in [3.63, 3.8) is 0 Å². The number of rotatable bonds is 3. The van der Waals surface area contributed by atoms with Crippen LogP contribution in [0.2, 0.25) is 0 Å². The van der Waals surface area contributed by atoms with E-state index in [0.717, 1.165) is 5.56 Å². The number of nitrogens with two attached hydrogens (primary N) is 1. The lowest BCUT2D eigenvalue weighted by Crippen LogP contribution is -2.38. The van der Waals surface area contributed by atoms with Gasteiger partial charge in [-0.1, -0.05) is 19.9 Å². The van der Waals surface area contributed by atoms with Gasteiger partial charge in [-0.3, -0.25) is 14.5 Å². The highest BCUT2D eigenvalue weighted by molar-refractivity contribution is 6.05. The summed E-state index contributed by atoms with van der Waals surface area (Å²) in [5.74, 6) is 0.993. The van der Waals surface area contributed by atoms with Crippen LogP contribution in [-0.2, 0) is 9.59 Å². The van der Waals surface area contributed by atoms with E-state index in [4.69, 9.17) is 15.2 Å². The molecule has 0 saturated carbocycles. The van der Waals surface area contributed by atoms with Gasteiger partial charge in [-0.2, -0.15) is 0 Å². The minimum absolute atomic E-state index is 0.163. The topological polar surface area (TPSA) is 81.9 Å². The van der Waals surface area contributed by atoms with Crippen LogP contribution in [-0.4, -0.2) is 30.1 Å². The Morgan fingerprint density at radius 3 is 2.67 bits per heavy atom. The lowest BCUT2D eigenvalue weighted by Gasteiger charge is -2.21. The van der Waals surface area contributed by atoms with Crippen molar-refractivity contribution < 1.29 is 19.1 Å². The first-order chi connectivity index (χ1) is 9.88. The molecule has 1 fully saturated rings. The number of hydrogen-bond acceptors (Lipinski definition) is 5. The Morgan fingerprint density at radius 2 is 2.00 bits per heavy atom. The van der Waals surface area contributed by atoms with Gasteiger partial charge < -0.3 is 15.2 Å². The van der Waals surface area contributed by atoms with E-state index in [1.807, 2.05) is 6.07 Å². The molecule has 0 aromatic heterocycles. The van der Waals surface area contributed by atoms with Gasteiger partial charge in [-0.05, 0) is 17.7 Å². The molecule has 1 aromatic rings. The normalized spacial score (nSPS) is 21.0. The second-order valence-corrected chi connectivity index (χ2v) is 6.09. The monoisotopic (exact) mass is 290 g/mol. The molecule has 2 aliphatic rings. The molecule has 2 amide bonds. The molecule has 0 aliphatic carbocycles. The van der Waals surface area contributed by atoms with Gasteiger partial charge in [0.15, 0.2) is 11.5 Å². The first-order valence-corrected chi connectivity index (χ1v) is 6.88. The number of nitrogens with zero attached hydrogens (tertiary/aromatic N) is 1. The van der Waals surface area contributed by atoms with Crippen molar-refractivity contribution in [1.82, 2.24) is 4.90 Å². The van der Waals surface area contributed by atoms with E-state index in [1.54, 1.807) is 26.0 Å². The van der Waals surface area contributed by atoms with Gasteiger partial charge in [0.05, 0.1) is 5.41 Å². The van der Waals surface area contributed by atoms with Crippen LogP contribution in [0.3, 0.4) is 0 Å². The third-order valence-electron chi connectivity index (χ3n) is 3.92. The van der Waals surface area contributed by atoms with Crippen molar-refractivity contribution in [1.29, 1.82) is 0 Å². The number of imide groups is 1. The van der Waals surface area contributed by atoms with Crippen molar-refractivity contribution in [2.45, 2.75) is 26.3 Å². The fraction of sp³-hybridized carbons (Fsp3) is 0.467. The van der Waals surface area contributed by atoms with E-state index < -0.39 is 11.5 Å². The largest absolute Gasteiger partial charge is 0.454 e. The Morgan fingerprint density at radius 1 is 1.29 bits per heavy atom. The SMILES string of the molecule is CC1(C)CC(=O)N(CC(N)c2ccc3c(c2)OCO3)C1=O. The predicted molar refractivity (Wildman–Crippen MR) is 74.6 cm³/mol. The van der Waals surface area contributed by atoms with E-state index in [0.29, 0.717) is 11.5 Å². The molecule has 2 N–H and O–H groups in total. The number of benzene rings is 1. The number of carbonyl (C=O) groups is 2. The van der Waals surface area contributed by atoms with Crippen LogP contribution in [0, 0.1) is 5.41 Å². The number of fused-ring (bicyclic) bond motifs is 1. The summed E-state index contributed by atoms with van der Waals surface area (Å²) >= 11 is 0. The molecule has 0 spiro atoms. The van der Waals surface area contributed by atoms with Gasteiger partial charge in [0.25, 0.3) is 0 Å². The van der Waals surface area contributed by atoms with E-state index in [-0.39, 0.29) is 31.6 Å². The van der Waals surface area contributed by atoms with Gasteiger partial charge in [0, 0.05) is 19.0 Å². The number of carbonyl (C=O) groups excluding carboxylic acids is 2. The zero-order chi connectivity index (χ0) is 15.2. The highest BCUT2D eigenvalue weighted by Gasteiger charge is 2.45. The molecule has 0 radical (unpaired) electrons. The molecule has 112 valence electrons. The summed E-state index contributed by atoms with van der Waals surface area (Å²) in [6.07, 6.45) is 0.236. The van der Waals surface area contributed by atoms with Crippen LogP contribution in [0.25, 0.3) is 0 Å². The van der Waals surface area contributed by atoms with Gasteiger partial charge in [0.2, 0.25) is 18.6 Å². The van der Waals surface area contributed by atoms with Crippen LogP contribution in [0.15, 0.2) is 18.2 Å². The standard InChI is InChI=1S/C15H18N2O4/c1-15(2)6-13(18)17(14(15)19)7-10(16)9-3-4-11-12(5-9)21-8-20-11/h3-5,10H,6-8,16H2,1-2H3. The zero-order valence-electron chi connectivity index (χ0n) is 12.1. The summed E-state index contributed by atoms with van der Waals surface area (Å²) in [4.78, 5) is 25.4. The Balaban J connectivity index is 1.76. The lowest BCUT2D eigenvalue weighted by atomic mass is 9.92. The zero-order valence-corrected chi connectivity index (χ0v) is 12.1. The molecule has 21 heavy (non-hydrogen) atoms. The second kappa shape index (κ2) is 4.73. The van der Waals surface area contributed by atoms with Crippen molar-refractivity contribution in [2.24, 2.45) is 11.1 Å². The Bertz CT molecular complexity index is 612. The Labute approximate surface area is 122 Å². The molecule has 1 saturated heterocycles. The third-order valence-corrected chi connectivity index (χ3v) is 3.92. The smallest absolute Gasteiger partial charge is 0.235 e. The molecule has 1 atom stereocenters. The molecular formula is C15H18N2O4. The Kier molecular flexibility index (Phi) is 3.13. The maximum atomic E-state index is 12.2. The number of likely N-dealkylation sites (tertiary alicyclic amines) is 1. The summed E-state index contributed by atoms with van der Waals surface area (Å²) in [5, 5.41) is 0. The van der Waals surface area contributed by atoms with E-state index in [2.05, 4.69) is 0 Å². The van der Waals surface area contributed by atoms with Gasteiger partial charge in [0.1, 0.15) is 0 Å². The number of amides is 2.